The second kappa shape index (κ2) is 6.46. The van der Waals surface area contributed by atoms with Crippen LogP contribution in [0.1, 0.15) is 24.9 Å². The fourth-order valence-corrected chi connectivity index (χ4v) is 3.17. The van der Waals surface area contributed by atoms with Crippen molar-refractivity contribution in [3.8, 4) is 0 Å². The number of nitrogens with zero attached hydrogens (tertiary/aromatic N) is 2. The van der Waals surface area contributed by atoms with Crippen LogP contribution in [0.2, 0.25) is 0 Å². The summed E-state index contributed by atoms with van der Waals surface area (Å²) < 4.78 is 2.15. The van der Waals surface area contributed by atoms with Gasteiger partial charge in [0.1, 0.15) is 0 Å². The van der Waals surface area contributed by atoms with Gasteiger partial charge in [0.15, 0.2) is 0 Å². The van der Waals surface area contributed by atoms with Gasteiger partial charge in [0.05, 0.1) is 6.04 Å². The number of hydrogen-bond donors (Lipinski definition) is 1. The number of nitrogens with one attached hydrogen (secondary N) is 1. The molecule has 3 rings (SSSR count). The Labute approximate surface area is 127 Å². The van der Waals surface area contributed by atoms with Crippen molar-refractivity contribution >= 4 is 0 Å². The number of aromatic nitrogens is 1. The number of hydrogen-bond acceptors (Lipinski definition) is 2. The van der Waals surface area contributed by atoms with Crippen molar-refractivity contribution in [1.82, 2.24) is 14.8 Å². The highest BCUT2D eigenvalue weighted by Crippen LogP contribution is 2.31. The molecule has 3 nitrogen and oxygen atoms in total. The molecule has 112 valence electrons. The van der Waals surface area contributed by atoms with Gasteiger partial charge in [-0.3, -0.25) is 4.90 Å². The van der Waals surface area contributed by atoms with Crippen LogP contribution in [0.25, 0.3) is 0 Å². The molecule has 2 aliphatic rings. The van der Waals surface area contributed by atoms with Gasteiger partial charge < -0.3 is 9.88 Å². The SMILES string of the molecule is CC1=CC=C(C(c2ccn(C)c2)N2CCNCC2)C=CC1. The van der Waals surface area contributed by atoms with Gasteiger partial charge in [-0.25, -0.2) is 0 Å². The lowest BCUT2D eigenvalue weighted by Gasteiger charge is -2.35. The Balaban J connectivity index is 1.95. The average Bonchev–Trinajstić information content (AvgIpc) is 2.80. The maximum absolute atomic E-state index is 3.45. The summed E-state index contributed by atoms with van der Waals surface area (Å²) in [4.78, 5) is 2.59. The Kier molecular flexibility index (Phi) is 4.42. The first-order valence-corrected chi connectivity index (χ1v) is 7.84. The Morgan fingerprint density at radius 1 is 1.19 bits per heavy atom. The van der Waals surface area contributed by atoms with Crippen LogP contribution < -0.4 is 5.32 Å². The number of rotatable bonds is 3. The summed E-state index contributed by atoms with van der Waals surface area (Å²) >= 11 is 0. The Hall–Kier alpha value is -1.58. The van der Waals surface area contributed by atoms with Gasteiger partial charge in [-0.2, -0.15) is 0 Å². The van der Waals surface area contributed by atoms with E-state index in [2.05, 4.69) is 71.5 Å². The molecule has 1 aliphatic heterocycles. The summed E-state index contributed by atoms with van der Waals surface area (Å²) in [6.45, 7) is 6.57. The van der Waals surface area contributed by atoms with Gasteiger partial charge in [0.2, 0.25) is 0 Å². The van der Waals surface area contributed by atoms with E-state index in [9.17, 15) is 0 Å². The summed E-state index contributed by atoms with van der Waals surface area (Å²) in [7, 11) is 2.10. The lowest BCUT2D eigenvalue weighted by molar-refractivity contribution is 0.198. The summed E-state index contributed by atoms with van der Waals surface area (Å²) in [5, 5.41) is 3.45. The van der Waals surface area contributed by atoms with Crippen molar-refractivity contribution in [2.24, 2.45) is 7.05 Å². The molecule has 1 atom stereocenters. The average molecular weight is 283 g/mol. The van der Waals surface area contributed by atoms with Crippen LogP contribution in [-0.2, 0) is 7.05 Å². The third-order valence-corrected chi connectivity index (χ3v) is 4.31. The van der Waals surface area contributed by atoms with Crippen molar-refractivity contribution < 1.29 is 0 Å². The fourth-order valence-electron chi connectivity index (χ4n) is 3.17. The summed E-state index contributed by atoms with van der Waals surface area (Å²) in [6.07, 6.45) is 14.6. The zero-order valence-corrected chi connectivity index (χ0v) is 13.0. The van der Waals surface area contributed by atoms with E-state index in [-0.39, 0.29) is 0 Å². The molecule has 2 heterocycles. The molecule has 1 unspecified atom stereocenters. The van der Waals surface area contributed by atoms with Crippen LogP contribution in [0, 0.1) is 0 Å². The molecule has 1 aromatic heterocycles. The number of allylic oxidation sites excluding steroid dienone is 4. The molecule has 0 radical (unpaired) electrons. The van der Waals surface area contributed by atoms with E-state index in [1.54, 1.807) is 0 Å². The molecule has 0 saturated carbocycles. The molecule has 1 aliphatic carbocycles. The normalized spacial score (nSPS) is 21.6. The molecule has 0 aromatic carbocycles. The largest absolute Gasteiger partial charge is 0.357 e. The number of piperazine rings is 1. The van der Waals surface area contributed by atoms with Gasteiger partial charge in [-0.15, -0.1) is 0 Å². The predicted octanol–water partition coefficient (Wildman–Crippen LogP) is 2.80. The monoisotopic (exact) mass is 283 g/mol. The highest BCUT2D eigenvalue weighted by Gasteiger charge is 2.25. The predicted molar refractivity (Wildman–Crippen MR) is 88.2 cm³/mol. The standard InChI is InChI=1S/C18H25N3/c1-15-4-3-5-16(7-6-15)18(17-8-11-20(2)14-17)21-12-9-19-10-13-21/h3,5-8,11,14,18-19H,4,9-10,12-13H2,1-2H3. The minimum atomic E-state index is 0.367. The van der Waals surface area contributed by atoms with Crippen LogP contribution in [-0.4, -0.2) is 35.6 Å². The van der Waals surface area contributed by atoms with Crippen molar-refractivity contribution in [2.45, 2.75) is 19.4 Å². The Morgan fingerprint density at radius 3 is 2.71 bits per heavy atom. The van der Waals surface area contributed by atoms with E-state index < -0.39 is 0 Å². The molecule has 0 bridgehead atoms. The van der Waals surface area contributed by atoms with Gasteiger partial charge in [-0.1, -0.05) is 29.9 Å². The van der Waals surface area contributed by atoms with Crippen molar-refractivity contribution in [1.29, 1.82) is 0 Å². The van der Waals surface area contributed by atoms with Crippen LogP contribution in [0.5, 0.6) is 0 Å². The van der Waals surface area contributed by atoms with E-state index >= 15 is 0 Å². The molecule has 1 fully saturated rings. The topological polar surface area (TPSA) is 20.2 Å². The van der Waals surface area contributed by atoms with E-state index in [0.29, 0.717) is 6.04 Å². The zero-order chi connectivity index (χ0) is 14.7. The first kappa shape index (κ1) is 14.4. The second-order valence-corrected chi connectivity index (χ2v) is 6.08. The molecule has 0 spiro atoms. The van der Waals surface area contributed by atoms with Gasteiger partial charge in [-0.05, 0) is 30.5 Å². The smallest absolute Gasteiger partial charge is 0.0617 e. The van der Waals surface area contributed by atoms with E-state index in [1.165, 1.54) is 16.7 Å². The van der Waals surface area contributed by atoms with Crippen LogP contribution in [0.4, 0.5) is 0 Å². The minimum absolute atomic E-state index is 0.367. The summed E-state index contributed by atoms with van der Waals surface area (Å²) in [5.41, 5.74) is 4.22. The maximum atomic E-state index is 3.45. The van der Waals surface area contributed by atoms with Crippen molar-refractivity contribution in [2.75, 3.05) is 26.2 Å². The van der Waals surface area contributed by atoms with Gasteiger partial charge in [0, 0.05) is 45.6 Å². The third kappa shape index (κ3) is 3.36. The molecule has 0 amide bonds. The zero-order valence-electron chi connectivity index (χ0n) is 13.0. The molecular formula is C18H25N3. The Morgan fingerprint density at radius 2 is 2.00 bits per heavy atom. The third-order valence-electron chi connectivity index (χ3n) is 4.31. The lowest BCUT2D eigenvalue weighted by atomic mass is 9.98. The van der Waals surface area contributed by atoms with E-state index in [1.807, 2.05) is 0 Å². The molecule has 21 heavy (non-hydrogen) atoms. The molecule has 1 N–H and O–H groups in total. The fraction of sp³-hybridized carbons (Fsp3) is 0.444. The second-order valence-electron chi connectivity index (χ2n) is 6.08. The highest BCUT2D eigenvalue weighted by molar-refractivity contribution is 5.39. The maximum Gasteiger partial charge on any atom is 0.0617 e. The summed E-state index contributed by atoms with van der Waals surface area (Å²) in [5.74, 6) is 0. The highest BCUT2D eigenvalue weighted by atomic mass is 15.2. The quantitative estimate of drug-likeness (QED) is 0.920. The first-order chi connectivity index (χ1) is 10.2. The van der Waals surface area contributed by atoms with Gasteiger partial charge in [0.25, 0.3) is 0 Å². The molecular weight excluding hydrogens is 258 g/mol. The van der Waals surface area contributed by atoms with Gasteiger partial charge >= 0.3 is 0 Å². The summed E-state index contributed by atoms with van der Waals surface area (Å²) in [6, 6.07) is 2.62. The lowest BCUT2D eigenvalue weighted by Crippen LogP contribution is -2.45. The van der Waals surface area contributed by atoms with Crippen molar-refractivity contribution in [3.05, 3.63) is 59.5 Å². The van der Waals surface area contributed by atoms with E-state index in [4.69, 9.17) is 0 Å². The molecule has 3 heteroatoms. The minimum Gasteiger partial charge on any atom is -0.357 e. The molecule has 1 saturated heterocycles. The Bertz CT molecular complexity index is 571. The van der Waals surface area contributed by atoms with Crippen LogP contribution in [0.3, 0.4) is 0 Å². The van der Waals surface area contributed by atoms with Crippen molar-refractivity contribution in [3.63, 3.8) is 0 Å². The number of aryl methyl sites for hydroxylation is 1. The van der Waals surface area contributed by atoms with E-state index in [0.717, 1.165) is 32.6 Å². The first-order valence-electron chi connectivity index (χ1n) is 7.84. The van der Waals surface area contributed by atoms with Crippen LogP contribution >= 0.6 is 0 Å². The molecule has 1 aromatic rings. The van der Waals surface area contributed by atoms with Crippen LogP contribution in [0.15, 0.2) is 53.9 Å².